The van der Waals surface area contributed by atoms with E-state index in [1.54, 1.807) is 49.0 Å². The van der Waals surface area contributed by atoms with Gasteiger partial charge < -0.3 is 19.2 Å². The number of rotatable bonds is 6. The summed E-state index contributed by atoms with van der Waals surface area (Å²) < 4.78 is 29.6. The van der Waals surface area contributed by atoms with Crippen LogP contribution in [0.2, 0.25) is 0 Å². The molecule has 9 rings (SSSR count). The molecule has 6 aromatic rings. The van der Waals surface area contributed by atoms with Crippen molar-refractivity contribution >= 4 is 16.8 Å². The van der Waals surface area contributed by atoms with Crippen LogP contribution in [0.15, 0.2) is 68.8 Å². The molecule has 1 amide bonds. The molecule has 13 heteroatoms. The maximum Gasteiger partial charge on any atom is 0.438 e. The average Bonchev–Trinajstić information content (AvgIpc) is 3.49. The van der Waals surface area contributed by atoms with E-state index in [1.807, 2.05) is 17.9 Å². The van der Waals surface area contributed by atoms with Crippen molar-refractivity contribution in [1.29, 1.82) is 0 Å². The summed E-state index contributed by atoms with van der Waals surface area (Å²) in [5, 5.41) is 10.1. The zero-order valence-electron chi connectivity index (χ0n) is 31.8. The number of aryl methyl sites for hydroxylation is 2. The van der Waals surface area contributed by atoms with Gasteiger partial charge in [0, 0.05) is 42.2 Å². The van der Waals surface area contributed by atoms with Gasteiger partial charge in [0.25, 0.3) is 11.5 Å². The molecule has 0 unspecified atom stereocenters. The zero-order valence-corrected chi connectivity index (χ0v) is 31.8. The standard InChI is InChI=1S/C42H44FN7O5/c1-22-16-29(17-23(2)35(22)43)50-36(30-8-7-13-44-37(30)51)34-25(4)48(14-11-31(34)46-50)38(52)33-19-28-18-26(27-12-15-54-41(5,6)21-27)9-10-32(28)49(33)42(20-24(42)3)39-45-40(53)55-47-39/h7-10,13,16-19,24-25,27H,11-12,14-15,20-21H2,1-6H3,(H,44,51)(H,45,47,53)/t24-,25-,27-,42-/m0/s1. The first-order valence-corrected chi connectivity index (χ1v) is 19.0. The van der Waals surface area contributed by atoms with Crippen molar-refractivity contribution in [1.82, 2.24) is 34.4 Å². The number of H-pyrrole nitrogens is 2. The summed E-state index contributed by atoms with van der Waals surface area (Å²) in [6.45, 7) is 12.8. The lowest BCUT2D eigenvalue weighted by atomic mass is 9.83. The van der Waals surface area contributed by atoms with E-state index >= 15 is 4.79 Å². The summed E-state index contributed by atoms with van der Waals surface area (Å²) in [4.78, 5) is 48.4. The third-order valence-electron chi connectivity index (χ3n) is 12.2. The number of ether oxygens (including phenoxy) is 1. The lowest BCUT2D eigenvalue weighted by Gasteiger charge is -2.35. The Morgan fingerprint density at radius 3 is 2.47 bits per heavy atom. The van der Waals surface area contributed by atoms with Crippen molar-refractivity contribution in [2.75, 3.05) is 13.2 Å². The van der Waals surface area contributed by atoms with Gasteiger partial charge in [-0.05, 0) is 125 Å². The SMILES string of the molecule is Cc1cc(-n2nc3c(c2-c2ccc[nH]c2=O)[C@H](C)N(C(=O)c2cc4cc([C@H]5CCOC(C)(C)C5)ccc4n2[C@@]2(c4noc(=O)[nH]4)C[C@@H]2C)CC3)cc(C)c1F. The van der Waals surface area contributed by atoms with Crippen LogP contribution < -0.4 is 11.3 Å². The van der Waals surface area contributed by atoms with E-state index in [0.717, 1.165) is 35.0 Å². The highest BCUT2D eigenvalue weighted by Crippen LogP contribution is 2.56. The number of benzene rings is 2. The summed E-state index contributed by atoms with van der Waals surface area (Å²) in [6.07, 6.45) is 4.47. The minimum absolute atomic E-state index is 0.0500. The quantitative estimate of drug-likeness (QED) is 0.190. The molecule has 0 bridgehead atoms. The Kier molecular flexibility index (Phi) is 7.98. The fourth-order valence-electron chi connectivity index (χ4n) is 9.36. The van der Waals surface area contributed by atoms with Crippen LogP contribution in [-0.4, -0.2) is 59.0 Å². The van der Waals surface area contributed by atoms with Crippen LogP contribution in [0.5, 0.6) is 0 Å². The van der Waals surface area contributed by atoms with Crippen molar-refractivity contribution in [3.63, 3.8) is 0 Å². The number of hydrogen-bond donors (Lipinski definition) is 2. The normalized spacial score (nSPS) is 23.3. The number of nitrogens with zero attached hydrogens (tertiary/aromatic N) is 5. The number of carbonyl (C=O) groups excluding carboxylic acids is 1. The second kappa shape index (κ2) is 12.5. The topological polar surface area (TPSA) is 144 Å². The number of hydrogen-bond acceptors (Lipinski definition) is 7. The molecule has 55 heavy (non-hydrogen) atoms. The van der Waals surface area contributed by atoms with E-state index in [-0.39, 0.29) is 28.8 Å². The second-order valence-corrected chi connectivity index (χ2v) is 16.3. The first kappa shape index (κ1) is 35.2. The first-order chi connectivity index (χ1) is 26.3. The van der Waals surface area contributed by atoms with Crippen molar-refractivity contribution in [2.24, 2.45) is 5.92 Å². The molecule has 2 aromatic carbocycles. The van der Waals surface area contributed by atoms with E-state index in [2.05, 4.69) is 58.7 Å². The van der Waals surface area contributed by atoms with Crippen LogP contribution in [0, 0.1) is 25.6 Å². The molecule has 4 aromatic heterocycles. The third kappa shape index (κ3) is 5.53. The largest absolute Gasteiger partial charge is 0.438 e. The smallest absolute Gasteiger partial charge is 0.376 e. The van der Waals surface area contributed by atoms with E-state index in [9.17, 15) is 14.0 Å². The minimum Gasteiger partial charge on any atom is -0.376 e. The van der Waals surface area contributed by atoms with Crippen molar-refractivity contribution in [3.8, 4) is 16.9 Å². The number of fused-ring (bicyclic) bond motifs is 2. The fraction of sp³-hybridized carbons (Fsp3) is 0.405. The highest BCUT2D eigenvalue weighted by atomic mass is 19.1. The summed E-state index contributed by atoms with van der Waals surface area (Å²) in [6, 6.07) is 14.9. The molecule has 2 fully saturated rings. The summed E-state index contributed by atoms with van der Waals surface area (Å²) >= 11 is 0. The van der Waals surface area contributed by atoms with Crippen molar-refractivity contribution in [3.05, 3.63) is 121 Å². The van der Waals surface area contributed by atoms with Crippen LogP contribution >= 0.6 is 0 Å². The van der Waals surface area contributed by atoms with Gasteiger partial charge in [0.2, 0.25) is 0 Å². The molecule has 1 aliphatic carbocycles. The van der Waals surface area contributed by atoms with E-state index in [0.29, 0.717) is 71.5 Å². The summed E-state index contributed by atoms with van der Waals surface area (Å²) in [7, 11) is 0. The molecule has 3 aliphatic rings. The molecule has 12 nitrogen and oxygen atoms in total. The first-order valence-electron chi connectivity index (χ1n) is 19.0. The maximum absolute atomic E-state index is 15.3. The molecular formula is C42H44FN7O5. The predicted molar refractivity (Wildman–Crippen MR) is 204 cm³/mol. The number of aromatic amines is 2. The lowest BCUT2D eigenvalue weighted by molar-refractivity contribution is -0.0592. The minimum atomic E-state index is -0.795. The van der Waals surface area contributed by atoms with Gasteiger partial charge in [-0.1, -0.05) is 18.1 Å². The molecule has 0 radical (unpaired) electrons. The van der Waals surface area contributed by atoms with Crippen LogP contribution in [-0.2, 0) is 16.7 Å². The van der Waals surface area contributed by atoms with Gasteiger partial charge in [-0.2, -0.15) is 5.10 Å². The van der Waals surface area contributed by atoms with Gasteiger partial charge in [0.15, 0.2) is 5.82 Å². The van der Waals surface area contributed by atoms with Crippen molar-refractivity contribution in [2.45, 2.75) is 90.3 Å². The van der Waals surface area contributed by atoms with Crippen LogP contribution in [0.1, 0.15) is 103 Å². The van der Waals surface area contributed by atoms with Gasteiger partial charge in [-0.15, -0.1) is 0 Å². The Bertz CT molecular complexity index is 2620. The molecule has 2 aliphatic heterocycles. The van der Waals surface area contributed by atoms with Crippen LogP contribution in [0.3, 0.4) is 0 Å². The van der Waals surface area contributed by atoms with Gasteiger partial charge in [0.05, 0.1) is 34.3 Å². The monoisotopic (exact) mass is 745 g/mol. The molecule has 284 valence electrons. The number of amides is 1. The maximum atomic E-state index is 15.3. The highest BCUT2D eigenvalue weighted by Gasteiger charge is 2.59. The van der Waals surface area contributed by atoms with E-state index < -0.39 is 17.3 Å². The average molecular weight is 746 g/mol. The zero-order chi connectivity index (χ0) is 38.6. The number of carbonyl (C=O) groups is 1. The molecule has 0 spiro atoms. The third-order valence-corrected chi connectivity index (χ3v) is 12.2. The van der Waals surface area contributed by atoms with E-state index in [1.165, 1.54) is 5.56 Å². The Hall–Kier alpha value is -5.56. The second-order valence-electron chi connectivity index (χ2n) is 16.3. The fourth-order valence-corrected chi connectivity index (χ4v) is 9.36. The number of aromatic nitrogens is 6. The Morgan fingerprint density at radius 1 is 1.04 bits per heavy atom. The van der Waals surface area contributed by atoms with E-state index in [4.69, 9.17) is 14.4 Å². The van der Waals surface area contributed by atoms with Gasteiger partial charge in [0.1, 0.15) is 17.1 Å². The predicted octanol–water partition coefficient (Wildman–Crippen LogP) is 6.83. The Labute approximate surface area is 316 Å². The molecular weight excluding hydrogens is 702 g/mol. The highest BCUT2D eigenvalue weighted by molar-refractivity contribution is 6.00. The summed E-state index contributed by atoms with van der Waals surface area (Å²) in [5.41, 5.74) is 5.26. The Balaban J connectivity index is 1.19. The molecule has 1 saturated heterocycles. The van der Waals surface area contributed by atoms with Gasteiger partial charge >= 0.3 is 5.76 Å². The number of nitrogens with one attached hydrogen (secondary N) is 2. The van der Waals surface area contributed by atoms with Gasteiger partial charge in [-0.3, -0.25) is 19.1 Å². The Morgan fingerprint density at radius 2 is 1.80 bits per heavy atom. The lowest BCUT2D eigenvalue weighted by Crippen LogP contribution is -2.41. The number of halogens is 1. The van der Waals surface area contributed by atoms with Gasteiger partial charge in [-0.25, -0.2) is 13.9 Å². The van der Waals surface area contributed by atoms with Crippen molar-refractivity contribution < 1.29 is 18.4 Å². The molecule has 4 atom stereocenters. The van der Waals surface area contributed by atoms with Crippen LogP contribution in [0.4, 0.5) is 4.39 Å². The molecule has 2 N–H and O–H groups in total. The van der Waals surface area contributed by atoms with Crippen LogP contribution in [0.25, 0.3) is 27.8 Å². The molecule has 1 saturated carbocycles. The number of pyridine rings is 1. The molecule has 6 heterocycles. The summed E-state index contributed by atoms with van der Waals surface area (Å²) in [5.74, 6) is -0.386.